The van der Waals surface area contributed by atoms with E-state index in [-0.39, 0.29) is 12.5 Å². The van der Waals surface area contributed by atoms with Crippen LogP contribution < -0.4 is 9.64 Å². The average molecular weight is 391 g/mol. The number of benzene rings is 3. The molecule has 0 aliphatic rings. The summed E-state index contributed by atoms with van der Waals surface area (Å²) in [6.07, 6.45) is -1.02. The monoisotopic (exact) mass is 391 g/mol. The maximum atomic E-state index is 11.7. The van der Waals surface area contributed by atoms with Gasteiger partial charge in [0.1, 0.15) is 12.4 Å². The molecule has 0 unspecified atom stereocenters. The number of hydrogen-bond donors (Lipinski definition) is 1. The topological polar surface area (TPSA) is 76.1 Å². The normalized spacial score (nSPS) is 10.2. The fraction of sp³-hybridized carbons (Fsp3) is 0.130. The summed E-state index contributed by atoms with van der Waals surface area (Å²) in [6.45, 7) is 0.538. The lowest BCUT2D eigenvalue weighted by Crippen LogP contribution is -2.28. The zero-order valence-electron chi connectivity index (χ0n) is 15.9. The Morgan fingerprint density at radius 3 is 2.28 bits per heavy atom. The molecule has 0 aliphatic heterocycles. The molecule has 6 nitrogen and oxygen atoms in total. The number of para-hydroxylation sites is 1. The molecule has 29 heavy (non-hydrogen) atoms. The van der Waals surface area contributed by atoms with Crippen molar-refractivity contribution in [1.82, 2.24) is 0 Å². The number of hydrogen-bond acceptors (Lipinski definition) is 4. The standard InChI is InChI=1S/C23H21NO5/c1-28-22(25)19-12-10-17(11-13-19)16-29-21-9-5-6-18(14-21)15-24(23(26)27)20-7-3-2-4-8-20/h2-14H,15-16H2,1H3,(H,26,27). The average Bonchev–Trinajstić information content (AvgIpc) is 2.76. The molecule has 0 atom stereocenters. The van der Waals surface area contributed by atoms with Crippen LogP contribution in [-0.2, 0) is 17.9 Å². The van der Waals surface area contributed by atoms with Crippen molar-refractivity contribution in [2.45, 2.75) is 13.2 Å². The van der Waals surface area contributed by atoms with Crippen LogP contribution in [0.15, 0.2) is 78.9 Å². The first-order valence-corrected chi connectivity index (χ1v) is 9.01. The molecule has 0 aromatic heterocycles. The highest BCUT2D eigenvalue weighted by molar-refractivity contribution is 5.89. The number of rotatable bonds is 7. The van der Waals surface area contributed by atoms with Gasteiger partial charge < -0.3 is 14.6 Å². The van der Waals surface area contributed by atoms with E-state index in [1.807, 2.05) is 30.3 Å². The summed E-state index contributed by atoms with van der Waals surface area (Å²) >= 11 is 0. The molecule has 0 saturated carbocycles. The predicted octanol–water partition coefficient (Wildman–Crippen LogP) is 4.74. The number of nitrogens with zero attached hydrogens (tertiary/aromatic N) is 1. The molecule has 6 heteroatoms. The number of carboxylic acid groups (broad SMARTS) is 1. The number of esters is 1. The molecule has 3 aromatic carbocycles. The van der Waals surface area contributed by atoms with E-state index in [4.69, 9.17) is 4.74 Å². The number of carbonyl (C=O) groups is 2. The van der Waals surface area contributed by atoms with Gasteiger partial charge >= 0.3 is 12.1 Å². The van der Waals surface area contributed by atoms with E-state index in [0.717, 1.165) is 11.1 Å². The van der Waals surface area contributed by atoms with Gasteiger partial charge in [-0.15, -0.1) is 0 Å². The minimum absolute atomic E-state index is 0.213. The van der Waals surface area contributed by atoms with Crippen molar-refractivity contribution >= 4 is 17.7 Å². The Morgan fingerprint density at radius 2 is 1.62 bits per heavy atom. The Hall–Kier alpha value is -3.80. The summed E-state index contributed by atoms with van der Waals surface area (Å²) in [4.78, 5) is 24.4. The maximum absolute atomic E-state index is 11.7. The number of methoxy groups -OCH3 is 1. The third kappa shape index (κ3) is 5.35. The SMILES string of the molecule is COC(=O)c1ccc(COc2cccc(CN(C(=O)O)c3ccccc3)c2)cc1. The zero-order valence-corrected chi connectivity index (χ0v) is 15.9. The summed E-state index contributed by atoms with van der Waals surface area (Å²) in [5, 5.41) is 9.55. The van der Waals surface area contributed by atoms with Crippen molar-refractivity contribution in [1.29, 1.82) is 0 Å². The van der Waals surface area contributed by atoms with Crippen molar-refractivity contribution in [3.8, 4) is 5.75 Å². The van der Waals surface area contributed by atoms with Gasteiger partial charge in [0.05, 0.1) is 19.2 Å². The third-order valence-corrected chi connectivity index (χ3v) is 4.32. The molecule has 0 saturated heterocycles. The minimum atomic E-state index is -1.02. The van der Waals surface area contributed by atoms with E-state index in [9.17, 15) is 14.7 Å². The molecule has 0 radical (unpaired) electrons. The summed E-state index contributed by atoms with van der Waals surface area (Å²) in [6, 6.07) is 23.3. The van der Waals surface area contributed by atoms with E-state index in [2.05, 4.69) is 4.74 Å². The Kier molecular flexibility index (Phi) is 6.47. The number of amides is 1. The Morgan fingerprint density at radius 1 is 0.897 bits per heavy atom. The fourth-order valence-corrected chi connectivity index (χ4v) is 2.82. The van der Waals surface area contributed by atoms with Crippen LogP contribution in [0.25, 0.3) is 0 Å². The fourth-order valence-electron chi connectivity index (χ4n) is 2.82. The highest BCUT2D eigenvalue weighted by Gasteiger charge is 2.14. The molecule has 3 aromatic rings. The van der Waals surface area contributed by atoms with Crippen LogP contribution in [0.5, 0.6) is 5.75 Å². The highest BCUT2D eigenvalue weighted by Crippen LogP contribution is 2.21. The van der Waals surface area contributed by atoms with Gasteiger partial charge in [0.2, 0.25) is 0 Å². The second-order valence-corrected chi connectivity index (χ2v) is 6.33. The molecular weight excluding hydrogens is 370 g/mol. The van der Waals surface area contributed by atoms with E-state index < -0.39 is 6.09 Å². The van der Waals surface area contributed by atoms with Crippen molar-refractivity contribution < 1.29 is 24.2 Å². The molecule has 148 valence electrons. The highest BCUT2D eigenvalue weighted by atomic mass is 16.5. The number of ether oxygens (including phenoxy) is 2. The van der Waals surface area contributed by atoms with Gasteiger partial charge in [0, 0.05) is 5.69 Å². The lowest BCUT2D eigenvalue weighted by atomic mass is 10.1. The van der Waals surface area contributed by atoms with E-state index in [1.165, 1.54) is 12.0 Å². The molecule has 3 rings (SSSR count). The predicted molar refractivity (Wildman–Crippen MR) is 109 cm³/mol. The van der Waals surface area contributed by atoms with Crippen molar-refractivity contribution in [3.05, 3.63) is 95.6 Å². The summed E-state index contributed by atoms with van der Waals surface area (Å²) in [5.74, 6) is 0.254. The summed E-state index contributed by atoms with van der Waals surface area (Å²) in [5.41, 5.74) is 2.80. The van der Waals surface area contributed by atoms with E-state index >= 15 is 0 Å². The second-order valence-electron chi connectivity index (χ2n) is 6.33. The van der Waals surface area contributed by atoms with E-state index in [0.29, 0.717) is 23.6 Å². The van der Waals surface area contributed by atoms with Crippen LogP contribution in [0.3, 0.4) is 0 Å². The Labute approximate surface area is 168 Å². The largest absolute Gasteiger partial charge is 0.489 e. The van der Waals surface area contributed by atoms with Crippen LogP contribution in [0.1, 0.15) is 21.5 Å². The Bertz CT molecular complexity index is 970. The zero-order chi connectivity index (χ0) is 20.6. The molecular formula is C23H21NO5. The van der Waals surface area contributed by atoms with Gasteiger partial charge in [-0.05, 0) is 47.5 Å². The van der Waals surface area contributed by atoms with Crippen LogP contribution >= 0.6 is 0 Å². The third-order valence-electron chi connectivity index (χ3n) is 4.32. The molecule has 0 heterocycles. The van der Waals surface area contributed by atoms with Crippen LogP contribution in [0.2, 0.25) is 0 Å². The van der Waals surface area contributed by atoms with Crippen LogP contribution in [0.4, 0.5) is 10.5 Å². The summed E-state index contributed by atoms with van der Waals surface area (Å²) < 4.78 is 10.5. The van der Waals surface area contributed by atoms with Crippen molar-refractivity contribution in [2.75, 3.05) is 12.0 Å². The smallest absolute Gasteiger partial charge is 0.412 e. The molecule has 0 aliphatic carbocycles. The first-order valence-electron chi connectivity index (χ1n) is 9.01. The Balaban J connectivity index is 1.66. The minimum Gasteiger partial charge on any atom is -0.489 e. The number of anilines is 1. The lowest BCUT2D eigenvalue weighted by molar-refractivity contribution is 0.0600. The molecule has 1 amide bonds. The van der Waals surface area contributed by atoms with Crippen molar-refractivity contribution in [2.24, 2.45) is 0 Å². The maximum Gasteiger partial charge on any atom is 0.412 e. The molecule has 1 N–H and O–H groups in total. The van der Waals surface area contributed by atoms with Crippen molar-refractivity contribution in [3.63, 3.8) is 0 Å². The number of carbonyl (C=O) groups excluding carboxylic acids is 1. The van der Waals surface area contributed by atoms with Gasteiger partial charge in [-0.3, -0.25) is 4.90 Å². The van der Waals surface area contributed by atoms with Gasteiger partial charge in [-0.1, -0.05) is 42.5 Å². The lowest BCUT2D eigenvalue weighted by Gasteiger charge is -2.19. The molecule has 0 spiro atoms. The van der Waals surface area contributed by atoms with Crippen LogP contribution in [0, 0.1) is 0 Å². The first kappa shape index (κ1) is 19.9. The van der Waals surface area contributed by atoms with Gasteiger partial charge in [-0.2, -0.15) is 0 Å². The van der Waals surface area contributed by atoms with Gasteiger partial charge in [0.25, 0.3) is 0 Å². The van der Waals surface area contributed by atoms with E-state index in [1.54, 1.807) is 48.5 Å². The first-order chi connectivity index (χ1) is 14.1. The molecule has 0 fully saturated rings. The quantitative estimate of drug-likeness (QED) is 0.589. The van der Waals surface area contributed by atoms with Gasteiger partial charge in [0.15, 0.2) is 0 Å². The summed E-state index contributed by atoms with van der Waals surface area (Å²) in [7, 11) is 1.34. The van der Waals surface area contributed by atoms with Crippen LogP contribution in [-0.4, -0.2) is 24.3 Å². The van der Waals surface area contributed by atoms with Gasteiger partial charge in [-0.25, -0.2) is 9.59 Å². The second kappa shape index (κ2) is 9.41. The molecule has 0 bridgehead atoms.